The number of allylic oxidation sites excluding steroid dienone is 1. The molecule has 0 N–H and O–H groups in total. The van der Waals surface area contributed by atoms with E-state index in [4.69, 9.17) is 4.74 Å². The molecule has 0 aliphatic heterocycles. The minimum Gasteiger partial charge on any atom is -0.480 e. The number of carbonyl (C=O) groups is 1. The van der Waals surface area contributed by atoms with E-state index in [1.54, 1.807) is 7.11 Å². The van der Waals surface area contributed by atoms with Gasteiger partial charge in [-0.25, -0.2) is 0 Å². The molecule has 0 saturated carbocycles. The van der Waals surface area contributed by atoms with Gasteiger partial charge in [0.2, 0.25) is 5.88 Å². The zero-order valence-corrected chi connectivity index (χ0v) is 10.8. The number of hydrogen-bond donors (Lipinski definition) is 0. The van der Waals surface area contributed by atoms with Crippen molar-refractivity contribution in [3.8, 4) is 5.88 Å². The Hall–Kier alpha value is -1.36. The van der Waals surface area contributed by atoms with E-state index in [9.17, 15) is 4.79 Å². The number of ether oxygens (including phenoxy) is 1. The van der Waals surface area contributed by atoms with Gasteiger partial charge in [-0.2, -0.15) is 4.98 Å². The number of carbonyl (C=O) groups excluding carboxylic acids is 1. The Kier molecular flexibility index (Phi) is 4.49. The van der Waals surface area contributed by atoms with E-state index in [0.717, 1.165) is 21.9 Å². The zero-order chi connectivity index (χ0) is 12.1. The minimum atomic E-state index is 0.571. The van der Waals surface area contributed by atoms with Crippen molar-refractivity contribution >= 4 is 28.8 Å². The van der Waals surface area contributed by atoms with Crippen LogP contribution in [0.15, 0.2) is 5.57 Å². The van der Waals surface area contributed by atoms with Crippen molar-refractivity contribution in [2.24, 2.45) is 0 Å². The number of anilines is 1. The fraction of sp³-hybridized carbons (Fsp3) is 0.455. The third-order valence-corrected chi connectivity index (χ3v) is 3.21. The molecule has 0 amide bonds. The first kappa shape index (κ1) is 12.7. The van der Waals surface area contributed by atoms with Gasteiger partial charge in [-0.1, -0.05) is 18.3 Å². The van der Waals surface area contributed by atoms with Gasteiger partial charge in [0.1, 0.15) is 6.29 Å². The predicted octanol–water partition coefficient (Wildman–Crippen LogP) is 2.21. The molecule has 0 saturated heterocycles. The van der Waals surface area contributed by atoms with Crippen LogP contribution in [-0.2, 0) is 4.79 Å². The molecule has 0 fully saturated rings. The van der Waals surface area contributed by atoms with Crippen LogP contribution in [0, 0.1) is 0 Å². The molecule has 16 heavy (non-hydrogen) atoms. The van der Waals surface area contributed by atoms with Crippen molar-refractivity contribution in [3.05, 3.63) is 10.5 Å². The highest BCUT2D eigenvalue weighted by Crippen LogP contribution is 2.32. The fourth-order valence-electron chi connectivity index (χ4n) is 1.12. The lowest BCUT2D eigenvalue weighted by Crippen LogP contribution is -2.07. The molecule has 1 heterocycles. The summed E-state index contributed by atoms with van der Waals surface area (Å²) < 4.78 is 5.18. The second kappa shape index (κ2) is 5.65. The zero-order valence-electron chi connectivity index (χ0n) is 9.98. The molecular formula is C11H16N2O2S. The van der Waals surface area contributed by atoms with Crippen molar-refractivity contribution in [3.63, 3.8) is 0 Å². The molecule has 0 aliphatic rings. The molecule has 4 nitrogen and oxygen atoms in total. The van der Waals surface area contributed by atoms with Crippen LogP contribution in [0.25, 0.3) is 6.08 Å². The number of aromatic nitrogens is 1. The largest absolute Gasteiger partial charge is 0.480 e. The van der Waals surface area contributed by atoms with Gasteiger partial charge in [0.05, 0.1) is 12.0 Å². The van der Waals surface area contributed by atoms with E-state index in [-0.39, 0.29) is 0 Å². The quantitative estimate of drug-likeness (QED) is 0.584. The van der Waals surface area contributed by atoms with Crippen molar-refractivity contribution in [2.45, 2.75) is 13.3 Å². The lowest BCUT2D eigenvalue weighted by Gasteiger charge is -2.04. The summed E-state index contributed by atoms with van der Waals surface area (Å²) in [5, 5.41) is 0.865. The van der Waals surface area contributed by atoms with E-state index in [1.165, 1.54) is 11.3 Å². The van der Waals surface area contributed by atoms with E-state index in [2.05, 4.69) is 4.98 Å². The minimum absolute atomic E-state index is 0.571. The van der Waals surface area contributed by atoms with Gasteiger partial charge < -0.3 is 9.64 Å². The molecule has 0 bridgehead atoms. The second-order valence-electron chi connectivity index (χ2n) is 3.46. The Morgan fingerprint density at radius 3 is 2.69 bits per heavy atom. The topological polar surface area (TPSA) is 42.4 Å². The summed E-state index contributed by atoms with van der Waals surface area (Å²) in [5.74, 6) is 0.571. The summed E-state index contributed by atoms with van der Waals surface area (Å²) in [6.45, 7) is 1.95. The molecule has 0 spiro atoms. The number of nitrogens with zero attached hydrogens (tertiary/aromatic N) is 2. The van der Waals surface area contributed by atoms with Crippen LogP contribution in [0.3, 0.4) is 0 Å². The number of hydrogen-bond acceptors (Lipinski definition) is 5. The summed E-state index contributed by atoms with van der Waals surface area (Å²) in [4.78, 5) is 17.9. The monoisotopic (exact) mass is 240 g/mol. The van der Waals surface area contributed by atoms with Crippen molar-refractivity contribution in [2.75, 3.05) is 26.1 Å². The van der Waals surface area contributed by atoms with Gasteiger partial charge in [-0.05, 0) is 18.1 Å². The lowest BCUT2D eigenvalue weighted by atomic mass is 10.2. The van der Waals surface area contributed by atoms with Crippen LogP contribution >= 0.6 is 11.3 Å². The maximum absolute atomic E-state index is 10.7. The van der Waals surface area contributed by atoms with E-state index in [1.807, 2.05) is 32.0 Å². The lowest BCUT2D eigenvalue weighted by molar-refractivity contribution is -0.104. The molecular weight excluding hydrogens is 224 g/mol. The number of methoxy groups -OCH3 is 1. The molecule has 0 radical (unpaired) electrons. The standard InChI is InChI=1S/C11H16N2O2S/c1-5-8(7-14)6-9-10(15-4)12-11(16-9)13(2)3/h6-7H,5H2,1-4H3. The van der Waals surface area contributed by atoms with Gasteiger partial charge >= 0.3 is 0 Å². The molecule has 0 unspecified atom stereocenters. The summed E-state index contributed by atoms with van der Waals surface area (Å²) >= 11 is 1.51. The van der Waals surface area contributed by atoms with E-state index < -0.39 is 0 Å². The van der Waals surface area contributed by atoms with Crippen LogP contribution in [-0.4, -0.2) is 32.5 Å². The van der Waals surface area contributed by atoms with Crippen LogP contribution < -0.4 is 9.64 Å². The number of thiazole rings is 1. The van der Waals surface area contributed by atoms with Gasteiger partial charge in [0, 0.05) is 14.1 Å². The number of rotatable bonds is 5. The molecule has 1 aromatic heterocycles. The summed E-state index contributed by atoms with van der Waals surface area (Å²) in [6, 6.07) is 0. The first-order valence-corrected chi connectivity index (χ1v) is 5.81. The third kappa shape index (κ3) is 2.82. The molecule has 5 heteroatoms. The normalized spacial score (nSPS) is 11.4. The summed E-state index contributed by atoms with van der Waals surface area (Å²) in [7, 11) is 5.43. The van der Waals surface area contributed by atoms with Gasteiger partial charge in [0.15, 0.2) is 5.13 Å². The van der Waals surface area contributed by atoms with Crippen LogP contribution in [0.5, 0.6) is 5.88 Å². The van der Waals surface area contributed by atoms with Crippen LogP contribution in [0.1, 0.15) is 18.2 Å². The first-order valence-electron chi connectivity index (χ1n) is 5.00. The molecule has 1 aromatic rings. The predicted molar refractivity (Wildman–Crippen MR) is 67.3 cm³/mol. The fourth-order valence-corrected chi connectivity index (χ4v) is 2.06. The second-order valence-corrected chi connectivity index (χ2v) is 4.46. The Morgan fingerprint density at radius 1 is 1.56 bits per heavy atom. The SMILES string of the molecule is CCC(C=O)=Cc1sc(N(C)C)nc1OC. The maximum atomic E-state index is 10.7. The van der Waals surface area contributed by atoms with E-state index >= 15 is 0 Å². The molecule has 0 aliphatic carbocycles. The average molecular weight is 240 g/mol. The van der Waals surface area contributed by atoms with E-state index in [0.29, 0.717) is 12.3 Å². The Labute approximate surface area is 99.6 Å². The Bertz CT molecular complexity index is 397. The smallest absolute Gasteiger partial charge is 0.233 e. The molecule has 0 atom stereocenters. The highest BCUT2D eigenvalue weighted by molar-refractivity contribution is 7.16. The van der Waals surface area contributed by atoms with Crippen LogP contribution in [0.4, 0.5) is 5.13 Å². The van der Waals surface area contributed by atoms with Crippen molar-refractivity contribution < 1.29 is 9.53 Å². The summed E-state index contributed by atoms with van der Waals surface area (Å²) in [5.41, 5.74) is 0.743. The Balaban J connectivity index is 3.11. The molecule has 88 valence electrons. The Morgan fingerprint density at radius 2 is 2.25 bits per heavy atom. The molecule has 1 rings (SSSR count). The summed E-state index contributed by atoms with van der Waals surface area (Å²) in [6.07, 6.45) is 3.41. The maximum Gasteiger partial charge on any atom is 0.233 e. The van der Waals surface area contributed by atoms with Gasteiger partial charge in [0.25, 0.3) is 0 Å². The highest BCUT2D eigenvalue weighted by Gasteiger charge is 2.11. The van der Waals surface area contributed by atoms with Crippen molar-refractivity contribution in [1.82, 2.24) is 4.98 Å². The highest BCUT2D eigenvalue weighted by atomic mass is 32.1. The average Bonchev–Trinajstić information content (AvgIpc) is 2.69. The third-order valence-electron chi connectivity index (χ3n) is 2.06. The molecule has 0 aromatic carbocycles. The van der Waals surface area contributed by atoms with Crippen LogP contribution in [0.2, 0.25) is 0 Å². The van der Waals surface area contributed by atoms with Gasteiger partial charge in [-0.3, -0.25) is 4.79 Å². The first-order chi connectivity index (χ1) is 7.62. The van der Waals surface area contributed by atoms with Gasteiger partial charge in [-0.15, -0.1) is 0 Å². The van der Waals surface area contributed by atoms with Crippen molar-refractivity contribution in [1.29, 1.82) is 0 Å². The number of aldehydes is 1.